The molecule has 2 aliphatic heterocycles. The van der Waals surface area contributed by atoms with Gasteiger partial charge < -0.3 is 20.5 Å². The molecule has 8 nitrogen and oxygen atoms in total. The molecule has 0 radical (unpaired) electrons. The molecule has 3 N–H and O–H groups in total. The number of primary amides is 1. The number of methoxy groups -OCH3 is 1. The third-order valence-electron chi connectivity index (χ3n) is 9.34. The molecule has 0 unspecified atom stereocenters. The summed E-state index contributed by atoms with van der Waals surface area (Å²) in [5.74, 6) is -4.25. The molecule has 2 amide bonds. The van der Waals surface area contributed by atoms with Gasteiger partial charge in [-0.2, -0.15) is 0 Å². The first-order valence-electron chi connectivity index (χ1n) is 15.1. The van der Waals surface area contributed by atoms with Crippen molar-refractivity contribution in [3.8, 4) is 22.8 Å². The second kappa shape index (κ2) is 10.8. The Morgan fingerprint density at radius 1 is 1.16 bits per heavy atom. The second-order valence-corrected chi connectivity index (χ2v) is 12.6. The minimum atomic E-state index is -1.64. The number of amides is 2. The number of aromatic nitrogens is 1. The smallest absolute Gasteiger partial charge is 0.376 e. The normalized spacial score (nSPS) is 20.2. The van der Waals surface area contributed by atoms with Crippen LogP contribution in [0.1, 0.15) is 66.6 Å². The highest BCUT2D eigenvalue weighted by Crippen LogP contribution is 2.48. The van der Waals surface area contributed by atoms with Crippen LogP contribution in [0, 0.1) is 29.3 Å². The lowest BCUT2D eigenvalue weighted by Gasteiger charge is -2.22. The number of fused-ring (bicyclic) bond motifs is 2. The first-order chi connectivity index (χ1) is 21.6. The van der Waals surface area contributed by atoms with Crippen molar-refractivity contribution in [2.75, 3.05) is 20.3 Å². The van der Waals surface area contributed by atoms with E-state index in [1.807, 2.05) is 6.08 Å². The number of nitrogens with two attached hydrogens (primary N) is 1. The molecule has 0 spiro atoms. The van der Waals surface area contributed by atoms with Crippen LogP contribution >= 0.6 is 0 Å². The van der Waals surface area contributed by atoms with E-state index in [1.165, 1.54) is 12.8 Å². The fraction of sp³-hybridized carbons (Fsp3) is 0.382. The summed E-state index contributed by atoms with van der Waals surface area (Å²) < 4.78 is 59.3. The summed E-state index contributed by atoms with van der Waals surface area (Å²) in [6.07, 6.45) is 7.08. The third kappa shape index (κ3) is 5.15. The van der Waals surface area contributed by atoms with Gasteiger partial charge in [-0.15, -0.1) is 0 Å². The summed E-state index contributed by atoms with van der Waals surface area (Å²) in [4.78, 5) is 30.8. The van der Waals surface area contributed by atoms with Gasteiger partial charge in [0.1, 0.15) is 23.5 Å². The zero-order chi connectivity index (χ0) is 31.6. The maximum absolute atomic E-state index is 15.1. The molecule has 2 fully saturated rings. The number of hydrogen-bond acceptors (Lipinski definition) is 5. The molecule has 11 heteroatoms. The number of hydrogen-bond donors (Lipinski definition) is 2. The van der Waals surface area contributed by atoms with Crippen LogP contribution in [-0.2, 0) is 10.2 Å². The van der Waals surface area contributed by atoms with E-state index < -0.39 is 28.8 Å². The number of ether oxygens (including phenoxy) is 2. The van der Waals surface area contributed by atoms with E-state index >= 15 is 4.39 Å². The minimum Gasteiger partial charge on any atom is -0.489 e. The van der Waals surface area contributed by atoms with Gasteiger partial charge in [0.05, 0.1) is 18.7 Å². The molecule has 45 heavy (non-hydrogen) atoms. The Kier molecular flexibility index (Phi) is 6.96. The quantitative estimate of drug-likeness (QED) is 0.268. The van der Waals surface area contributed by atoms with Crippen LogP contribution in [0.15, 0.2) is 30.3 Å². The number of pyridine rings is 1. The summed E-state index contributed by atoms with van der Waals surface area (Å²) in [5.41, 5.74) is 6.41. The molecular formula is C34H32F3N4O4+. The van der Waals surface area contributed by atoms with Gasteiger partial charge in [-0.3, -0.25) is 9.59 Å². The third-order valence-corrected chi connectivity index (χ3v) is 9.34. The minimum absolute atomic E-state index is 0.0539. The molecular weight excluding hydrogens is 585 g/mol. The van der Waals surface area contributed by atoms with E-state index in [-0.39, 0.29) is 47.9 Å². The Morgan fingerprint density at radius 2 is 1.93 bits per heavy atom. The molecule has 7 rings (SSSR count). The molecule has 3 aromatic rings. The van der Waals surface area contributed by atoms with Crippen LogP contribution in [0.3, 0.4) is 0 Å². The highest BCUT2D eigenvalue weighted by atomic mass is 19.2. The van der Waals surface area contributed by atoms with E-state index in [4.69, 9.17) is 24.9 Å². The van der Waals surface area contributed by atoms with Crippen molar-refractivity contribution in [1.82, 2.24) is 15.0 Å². The predicted octanol–water partition coefficient (Wildman–Crippen LogP) is 2.96. The molecule has 0 saturated heterocycles. The van der Waals surface area contributed by atoms with Crippen LogP contribution in [0.5, 0.6) is 11.5 Å². The van der Waals surface area contributed by atoms with E-state index in [0.29, 0.717) is 28.5 Å². The van der Waals surface area contributed by atoms with Crippen molar-refractivity contribution in [1.29, 1.82) is 0 Å². The molecule has 2 saturated carbocycles. The maximum Gasteiger partial charge on any atom is 0.376 e. The monoisotopic (exact) mass is 617 g/mol. The summed E-state index contributed by atoms with van der Waals surface area (Å²) in [5, 5.41) is 4.57. The Labute approximate surface area is 256 Å². The van der Waals surface area contributed by atoms with Gasteiger partial charge in [0.15, 0.2) is 17.5 Å². The van der Waals surface area contributed by atoms with Gasteiger partial charge in [-0.05, 0) is 68.7 Å². The zero-order valence-electron chi connectivity index (χ0n) is 24.9. The van der Waals surface area contributed by atoms with Gasteiger partial charge in [-0.25, -0.2) is 18.2 Å². The summed E-state index contributed by atoms with van der Waals surface area (Å²) in [6, 6.07) is 7.09. The number of nitrogens with zero attached hydrogens (tertiary/aromatic N) is 2. The molecule has 4 aliphatic rings. The molecule has 3 heterocycles. The van der Waals surface area contributed by atoms with Crippen LogP contribution < -0.4 is 35.8 Å². The Hall–Kier alpha value is -4.63. The zero-order valence-corrected chi connectivity index (χ0v) is 24.9. The first kappa shape index (κ1) is 29.1. The van der Waals surface area contributed by atoms with E-state index in [0.717, 1.165) is 47.7 Å². The van der Waals surface area contributed by atoms with Crippen molar-refractivity contribution in [2.45, 2.75) is 50.4 Å². The summed E-state index contributed by atoms with van der Waals surface area (Å²) in [6.45, 7) is 1.69. The number of rotatable bonds is 10. The van der Waals surface area contributed by atoms with E-state index in [9.17, 15) is 18.4 Å². The molecule has 1 aromatic heterocycles. The Morgan fingerprint density at radius 3 is 2.62 bits per heavy atom. The topological polar surface area (TPSA) is 118 Å². The van der Waals surface area contributed by atoms with E-state index in [1.54, 1.807) is 32.2 Å². The van der Waals surface area contributed by atoms with Crippen LogP contribution in [0.4, 0.5) is 13.2 Å². The van der Waals surface area contributed by atoms with E-state index in [2.05, 4.69) is 5.32 Å². The Balaban J connectivity index is 1.22. The van der Waals surface area contributed by atoms with Gasteiger partial charge in [0.2, 0.25) is 11.7 Å². The number of halogens is 3. The fourth-order valence-electron chi connectivity index (χ4n) is 6.23. The lowest BCUT2D eigenvalue weighted by atomic mass is 9.82. The number of carbonyl (C=O) groups is 2. The molecule has 2 aromatic carbocycles. The standard InChI is InChI=1S/C34H31F3N4O4/c1-34(33(38)43)15-45-31-23(34)13-25(41-30(31)21-7-8-24(35)28(37)27(21)36)22(17-5-6-17)14-39-32(42)19-10-18-11-20(9-16-3-4-16)40-29(18)26(12-19)44-2/h7-8,10-13,16-17,22H,3-6,9,14-15H2,1-2H3,(H2-,38,39,42,43)/p+1/t22-,34-/m0/s1. The second-order valence-electron chi connectivity index (χ2n) is 12.6. The number of benzene rings is 2. The van der Waals surface area contributed by atoms with Crippen LogP contribution in [-0.4, -0.2) is 42.8 Å². The summed E-state index contributed by atoms with van der Waals surface area (Å²) >= 11 is 0. The van der Waals surface area contributed by atoms with Crippen molar-refractivity contribution < 1.29 is 32.2 Å². The van der Waals surface area contributed by atoms with Gasteiger partial charge in [0.25, 0.3) is 5.91 Å². The van der Waals surface area contributed by atoms with Crippen LogP contribution in [0.25, 0.3) is 17.3 Å². The Bertz CT molecular complexity index is 1950. The first-order valence-corrected chi connectivity index (χ1v) is 15.1. The van der Waals surface area contributed by atoms with Gasteiger partial charge >= 0.3 is 11.1 Å². The molecule has 2 atom stereocenters. The van der Waals surface area contributed by atoms with Crippen molar-refractivity contribution in [3.63, 3.8) is 0 Å². The molecule has 2 aliphatic carbocycles. The SMILES string of the molecule is COc1cc(C(=O)NC[C@H](c2cc3c(c(-c4ccc(F)c(F)c4F)n2)OC[C@]3(C)C(N)=O)C2CC2)cc2c1=[N+]=C(CC1CC1)C=2. The molecule has 232 valence electrons. The average Bonchev–Trinajstić information content (AvgIpc) is 3.95. The van der Waals surface area contributed by atoms with Crippen molar-refractivity contribution in [2.24, 2.45) is 17.6 Å². The van der Waals surface area contributed by atoms with Gasteiger partial charge in [-0.1, -0.05) is 4.67 Å². The highest BCUT2D eigenvalue weighted by molar-refractivity contribution is 6.10. The van der Waals surface area contributed by atoms with Crippen molar-refractivity contribution >= 4 is 23.6 Å². The number of carbonyl (C=O) groups excluding carboxylic acids is 2. The average molecular weight is 618 g/mol. The summed E-state index contributed by atoms with van der Waals surface area (Å²) in [7, 11) is 1.55. The van der Waals surface area contributed by atoms with Crippen molar-refractivity contribution in [3.05, 3.63) is 75.2 Å². The molecule has 0 bridgehead atoms. The fourth-order valence-corrected chi connectivity index (χ4v) is 6.23. The highest BCUT2D eigenvalue weighted by Gasteiger charge is 2.45. The lowest BCUT2D eigenvalue weighted by Crippen LogP contribution is -2.40. The maximum atomic E-state index is 15.1. The largest absolute Gasteiger partial charge is 0.489 e. The van der Waals surface area contributed by atoms with Crippen LogP contribution in [0.2, 0.25) is 0 Å². The van der Waals surface area contributed by atoms with Gasteiger partial charge in [0, 0.05) is 47.0 Å². The lowest BCUT2D eigenvalue weighted by molar-refractivity contribution is -0.123. The number of nitrogens with one attached hydrogen (secondary N) is 1. The predicted molar refractivity (Wildman–Crippen MR) is 160 cm³/mol.